The first-order valence-electron chi connectivity index (χ1n) is 19.6. The van der Waals surface area contributed by atoms with E-state index in [-0.39, 0.29) is 63.2 Å². The molecule has 5 fully saturated rings. The van der Waals surface area contributed by atoms with Gasteiger partial charge in [-0.2, -0.15) is 15.1 Å². The highest BCUT2D eigenvalue weighted by molar-refractivity contribution is 6.18. The zero-order valence-electron chi connectivity index (χ0n) is 31.4. The molecular formula is C42H43F4N7O3. The van der Waals surface area contributed by atoms with Gasteiger partial charge in [0.15, 0.2) is 17.4 Å². The number of alkyl halides is 1. The number of hydrogen-bond donors (Lipinski definition) is 1. The van der Waals surface area contributed by atoms with Crippen LogP contribution in [0.2, 0.25) is 0 Å². The number of fused-ring (bicyclic) bond motifs is 7. The molecule has 0 radical (unpaired) electrons. The number of rotatable bonds is 8. The first kappa shape index (κ1) is 35.7. The third-order valence-corrected chi connectivity index (χ3v) is 13.3. The molecule has 0 unspecified atom stereocenters. The SMILES string of the molecule is C#Cc1c(F)ccc2c(F)c(O)cc(-c3c(F)c4nc(OC[C@@]56CCCN5C[C@H](F)C6)nc(N5[C@@H]6CC[C@H]5CN(C5CC(COC)C5)C6)c4c4cn(C)nc34)c12. The smallest absolute Gasteiger partial charge is 0.319 e. The van der Waals surface area contributed by atoms with Crippen molar-refractivity contribution < 1.29 is 32.1 Å². The number of aromatic hydroxyl groups is 1. The molecule has 14 heteroatoms. The third-order valence-electron chi connectivity index (χ3n) is 13.3. The van der Waals surface area contributed by atoms with Crippen LogP contribution in [0.4, 0.5) is 23.4 Å². The number of methoxy groups -OCH3 is 1. The van der Waals surface area contributed by atoms with Crippen molar-refractivity contribution in [3.63, 3.8) is 0 Å². The second-order valence-corrected chi connectivity index (χ2v) is 16.6. The molecule has 1 N–H and O–H groups in total. The summed E-state index contributed by atoms with van der Waals surface area (Å²) in [5.74, 6) is 0.0318. The van der Waals surface area contributed by atoms with E-state index in [2.05, 4.69) is 20.6 Å². The quantitative estimate of drug-likeness (QED) is 0.141. The number of nitrogens with zero attached hydrogens (tertiary/aromatic N) is 7. The number of likely N-dealkylation sites (tertiary alicyclic amines) is 1. The third kappa shape index (κ3) is 5.37. The average Bonchev–Trinajstić information content (AvgIpc) is 3.89. The lowest BCUT2D eigenvalue weighted by atomic mass is 9.79. The van der Waals surface area contributed by atoms with Crippen LogP contribution in [0.15, 0.2) is 24.4 Å². The van der Waals surface area contributed by atoms with Gasteiger partial charge in [0.25, 0.3) is 0 Å². The summed E-state index contributed by atoms with van der Waals surface area (Å²) in [7, 11) is 3.46. The summed E-state index contributed by atoms with van der Waals surface area (Å²) in [4.78, 5) is 16.9. The number of aryl methyl sites for hydroxylation is 1. The van der Waals surface area contributed by atoms with Crippen molar-refractivity contribution in [2.75, 3.05) is 51.4 Å². The summed E-state index contributed by atoms with van der Waals surface area (Å²) in [5, 5.41) is 16.3. The highest BCUT2D eigenvalue weighted by atomic mass is 19.1. The molecule has 1 saturated carbocycles. The number of ether oxygens (including phenoxy) is 2. The number of halogens is 4. The van der Waals surface area contributed by atoms with Crippen LogP contribution < -0.4 is 9.64 Å². The van der Waals surface area contributed by atoms with Crippen LogP contribution in [-0.4, -0.2) is 111 Å². The summed E-state index contributed by atoms with van der Waals surface area (Å²) in [5.41, 5.74) is -0.784. The van der Waals surface area contributed by atoms with E-state index in [9.17, 15) is 9.50 Å². The van der Waals surface area contributed by atoms with Gasteiger partial charge in [-0.3, -0.25) is 14.5 Å². The largest absolute Gasteiger partial charge is 0.505 e. The molecule has 10 rings (SSSR count). The predicted octanol–water partition coefficient (Wildman–Crippen LogP) is 6.47. The molecule has 3 aromatic carbocycles. The van der Waals surface area contributed by atoms with Crippen LogP contribution in [-0.2, 0) is 11.8 Å². The van der Waals surface area contributed by atoms with E-state index in [0.29, 0.717) is 41.5 Å². The second kappa shape index (κ2) is 13.2. The average molecular weight is 770 g/mol. The predicted molar refractivity (Wildman–Crippen MR) is 204 cm³/mol. The molecule has 2 aromatic heterocycles. The lowest BCUT2D eigenvalue weighted by Gasteiger charge is -2.49. The minimum Gasteiger partial charge on any atom is -0.505 e. The normalized spacial score (nSPS) is 27.7. The molecule has 0 spiro atoms. The summed E-state index contributed by atoms with van der Waals surface area (Å²) < 4.78 is 76.8. The van der Waals surface area contributed by atoms with Crippen molar-refractivity contribution in [2.45, 2.75) is 74.8 Å². The van der Waals surface area contributed by atoms with Crippen molar-refractivity contribution in [2.24, 2.45) is 13.0 Å². The molecule has 56 heavy (non-hydrogen) atoms. The Hall–Kier alpha value is -4.71. The molecule has 1 aliphatic carbocycles. The van der Waals surface area contributed by atoms with Crippen molar-refractivity contribution in [3.8, 4) is 35.2 Å². The highest BCUT2D eigenvalue weighted by Gasteiger charge is 2.50. The Morgan fingerprint density at radius 1 is 1.00 bits per heavy atom. The van der Waals surface area contributed by atoms with Gasteiger partial charge < -0.3 is 19.5 Å². The number of phenolic OH excluding ortho intramolecular Hbond substituents is 1. The highest BCUT2D eigenvalue weighted by Crippen LogP contribution is 2.48. The molecule has 6 heterocycles. The molecule has 5 aliphatic rings. The van der Waals surface area contributed by atoms with Crippen LogP contribution >= 0.6 is 0 Å². The number of piperazine rings is 1. The van der Waals surface area contributed by atoms with Gasteiger partial charge in [0.05, 0.1) is 16.5 Å². The van der Waals surface area contributed by atoms with E-state index in [1.54, 1.807) is 25.0 Å². The monoisotopic (exact) mass is 769 g/mol. The Morgan fingerprint density at radius 2 is 1.79 bits per heavy atom. The lowest BCUT2D eigenvalue weighted by molar-refractivity contribution is 0.0199. The molecule has 4 aliphatic heterocycles. The fourth-order valence-electron chi connectivity index (χ4n) is 10.8. The van der Waals surface area contributed by atoms with Crippen molar-refractivity contribution >= 4 is 38.4 Å². The van der Waals surface area contributed by atoms with E-state index >= 15 is 13.2 Å². The van der Waals surface area contributed by atoms with Crippen molar-refractivity contribution in [3.05, 3.63) is 47.4 Å². The fourth-order valence-corrected chi connectivity index (χ4v) is 10.8. The molecule has 2 bridgehead atoms. The molecular weight excluding hydrogens is 726 g/mol. The molecule has 5 aromatic rings. The number of anilines is 1. The van der Waals surface area contributed by atoms with E-state index in [1.807, 2.05) is 0 Å². The minimum absolute atomic E-state index is 0.0292. The molecule has 10 nitrogen and oxygen atoms in total. The van der Waals surface area contributed by atoms with E-state index in [1.165, 1.54) is 6.07 Å². The maximum atomic E-state index is 17.8. The molecule has 4 atom stereocenters. The number of terminal acetylenes is 1. The first-order valence-corrected chi connectivity index (χ1v) is 19.6. The summed E-state index contributed by atoms with van der Waals surface area (Å²) in [6.07, 6.45) is 12.7. The van der Waals surface area contributed by atoms with Gasteiger partial charge in [-0.25, -0.2) is 17.6 Å². The summed E-state index contributed by atoms with van der Waals surface area (Å²) in [6.45, 7) is 3.71. The zero-order chi connectivity index (χ0) is 38.6. The lowest BCUT2D eigenvalue weighted by Crippen LogP contribution is -2.59. The maximum Gasteiger partial charge on any atom is 0.319 e. The van der Waals surface area contributed by atoms with Crippen molar-refractivity contribution in [1.82, 2.24) is 29.5 Å². The Labute approximate surface area is 321 Å². The topological polar surface area (TPSA) is 92.0 Å². The van der Waals surface area contributed by atoms with Crippen molar-refractivity contribution in [1.29, 1.82) is 0 Å². The minimum atomic E-state index is -1.01. The molecule has 4 saturated heterocycles. The second-order valence-electron chi connectivity index (χ2n) is 16.6. The molecule has 292 valence electrons. The number of phenols is 1. The zero-order valence-corrected chi connectivity index (χ0v) is 31.4. The van der Waals surface area contributed by atoms with Crippen LogP contribution in [0, 0.1) is 35.7 Å². The Morgan fingerprint density at radius 3 is 2.54 bits per heavy atom. The van der Waals surface area contributed by atoms with Gasteiger partial charge in [0.2, 0.25) is 0 Å². The van der Waals surface area contributed by atoms with Gasteiger partial charge in [-0.1, -0.05) is 5.92 Å². The number of aromatic nitrogens is 4. The van der Waals surface area contributed by atoms with Crippen LogP contribution in [0.5, 0.6) is 11.8 Å². The van der Waals surface area contributed by atoms with Gasteiger partial charge in [0, 0.05) is 98.4 Å². The number of hydrogen-bond acceptors (Lipinski definition) is 9. The number of benzene rings is 3. The van der Waals surface area contributed by atoms with E-state index < -0.39 is 34.9 Å². The first-order chi connectivity index (χ1) is 27.1. The van der Waals surface area contributed by atoms with Crippen LogP contribution in [0.3, 0.4) is 0 Å². The standard InChI is InChI=1S/C42H43F4N7O3/c1-4-27-31(44)9-8-28-33(27)29(14-32(54)36(28)45)34-37(46)39-35(30-19-50(2)49-38(30)34)40(48-41(47-39)56-21-42-10-5-11-52(42)16-23(43)15-42)53-24-6-7-25(53)18-51(17-24)26-12-22(13-26)20-55-3/h1,8-9,14,19,22-26,54H,5-7,10-13,15-18,20-21H2,2-3H3/t22?,23-,24-,25+,26?,42+/m1/s1. The molecule has 0 amide bonds. The van der Waals surface area contributed by atoms with Gasteiger partial charge in [-0.05, 0) is 69.2 Å². The fraction of sp³-hybridized carbons (Fsp3) is 0.500. The van der Waals surface area contributed by atoms with E-state index in [4.69, 9.17) is 31.0 Å². The van der Waals surface area contributed by atoms with Crippen LogP contribution in [0.25, 0.3) is 43.7 Å². The Balaban J connectivity index is 1.16. The Bertz CT molecular complexity index is 2450. The summed E-state index contributed by atoms with van der Waals surface area (Å²) >= 11 is 0. The van der Waals surface area contributed by atoms with Gasteiger partial charge in [-0.15, -0.1) is 6.42 Å². The Kier molecular flexibility index (Phi) is 8.40. The maximum absolute atomic E-state index is 17.8. The van der Waals surface area contributed by atoms with E-state index in [0.717, 1.165) is 76.9 Å². The van der Waals surface area contributed by atoms with Gasteiger partial charge in [0.1, 0.15) is 35.4 Å². The van der Waals surface area contributed by atoms with Crippen LogP contribution in [0.1, 0.15) is 50.5 Å². The summed E-state index contributed by atoms with van der Waals surface area (Å²) in [6, 6.07) is 3.92. The van der Waals surface area contributed by atoms with Gasteiger partial charge >= 0.3 is 6.01 Å².